The van der Waals surface area contributed by atoms with Crippen LogP contribution in [0.1, 0.15) is 11.1 Å². The number of aromatic amines is 1. The van der Waals surface area contributed by atoms with Gasteiger partial charge in [-0.1, -0.05) is 40.2 Å². The number of imidazole rings is 1. The second-order valence-corrected chi connectivity index (χ2v) is 5.72. The predicted octanol–water partition coefficient (Wildman–Crippen LogP) is 5.04. The summed E-state index contributed by atoms with van der Waals surface area (Å²) in [7, 11) is 0. The Bertz CT molecular complexity index is 732. The number of hydrogen-bond acceptors (Lipinski definition) is 1. The summed E-state index contributed by atoms with van der Waals surface area (Å²) in [6.45, 7) is 2.06. The molecule has 3 rings (SSSR count). The molecule has 1 aromatic heterocycles. The molecular formula is C15H12BrClN2. The van der Waals surface area contributed by atoms with Gasteiger partial charge >= 0.3 is 0 Å². The molecule has 0 saturated carbocycles. The van der Waals surface area contributed by atoms with Gasteiger partial charge in [0.05, 0.1) is 11.0 Å². The molecule has 1 N–H and O–H groups in total. The van der Waals surface area contributed by atoms with Crippen LogP contribution in [0.5, 0.6) is 0 Å². The Labute approximate surface area is 124 Å². The van der Waals surface area contributed by atoms with Crippen molar-refractivity contribution in [1.29, 1.82) is 0 Å². The summed E-state index contributed by atoms with van der Waals surface area (Å²) in [6.07, 6.45) is 0. The van der Waals surface area contributed by atoms with E-state index < -0.39 is 0 Å². The van der Waals surface area contributed by atoms with Crippen LogP contribution < -0.4 is 0 Å². The van der Waals surface area contributed by atoms with Gasteiger partial charge in [0.1, 0.15) is 5.82 Å². The van der Waals surface area contributed by atoms with Gasteiger partial charge in [-0.05, 0) is 30.2 Å². The molecule has 0 aliphatic rings. The number of nitrogens with one attached hydrogen (secondary N) is 1. The lowest BCUT2D eigenvalue weighted by atomic mass is 10.1. The van der Waals surface area contributed by atoms with Gasteiger partial charge in [0.15, 0.2) is 0 Å². The molecule has 0 aliphatic heterocycles. The summed E-state index contributed by atoms with van der Waals surface area (Å²) >= 11 is 9.30. The number of fused-ring (bicyclic) bond motifs is 1. The molecule has 0 amide bonds. The van der Waals surface area contributed by atoms with Crippen LogP contribution in [-0.2, 0) is 5.88 Å². The molecule has 0 bridgehead atoms. The van der Waals surface area contributed by atoms with Crippen LogP contribution in [0.4, 0.5) is 0 Å². The number of aromatic nitrogens is 2. The zero-order valence-electron chi connectivity index (χ0n) is 10.4. The van der Waals surface area contributed by atoms with E-state index in [0.717, 1.165) is 38.0 Å². The topological polar surface area (TPSA) is 28.7 Å². The third-order valence-corrected chi connectivity index (χ3v) is 3.89. The van der Waals surface area contributed by atoms with Crippen molar-refractivity contribution in [3.63, 3.8) is 0 Å². The number of alkyl halides is 1. The van der Waals surface area contributed by atoms with Crippen molar-refractivity contribution in [2.45, 2.75) is 12.8 Å². The fourth-order valence-electron chi connectivity index (χ4n) is 2.13. The van der Waals surface area contributed by atoms with Gasteiger partial charge in [0.25, 0.3) is 0 Å². The molecule has 2 nitrogen and oxygen atoms in total. The van der Waals surface area contributed by atoms with Crippen LogP contribution >= 0.6 is 27.5 Å². The lowest BCUT2D eigenvalue weighted by Gasteiger charge is -1.98. The number of rotatable bonds is 2. The minimum Gasteiger partial charge on any atom is -0.338 e. The van der Waals surface area contributed by atoms with E-state index in [0.29, 0.717) is 5.88 Å². The summed E-state index contributed by atoms with van der Waals surface area (Å²) in [5, 5.41) is 0. The maximum atomic E-state index is 5.80. The van der Waals surface area contributed by atoms with E-state index in [-0.39, 0.29) is 0 Å². The van der Waals surface area contributed by atoms with Gasteiger partial charge < -0.3 is 4.98 Å². The second kappa shape index (κ2) is 4.99. The maximum absolute atomic E-state index is 5.80. The van der Waals surface area contributed by atoms with E-state index in [1.165, 1.54) is 0 Å². The fourth-order valence-corrected chi connectivity index (χ4v) is 2.89. The largest absolute Gasteiger partial charge is 0.338 e. The number of benzene rings is 2. The summed E-state index contributed by atoms with van der Waals surface area (Å²) < 4.78 is 1.06. The van der Waals surface area contributed by atoms with Crippen LogP contribution in [0.2, 0.25) is 0 Å². The normalized spacial score (nSPS) is 11.1. The predicted molar refractivity (Wildman–Crippen MR) is 83.5 cm³/mol. The monoisotopic (exact) mass is 334 g/mol. The third-order valence-electron chi connectivity index (χ3n) is 3.12. The first-order chi connectivity index (χ1) is 9.17. The molecule has 4 heteroatoms. The highest BCUT2D eigenvalue weighted by atomic mass is 79.9. The average molecular weight is 336 g/mol. The Morgan fingerprint density at radius 2 is 1.95 bits per heavy atom. The molecule has 0 unspecified atom stereocenters. The number of halogens is 2. The van der Waals surface area contributed by atoms with Gasteiger partial charge in [-0.25, -0.2) is 4.98 Å². The Morgan fingerprint density at radius 3 is 2.63 bits per heavy atom. The molecule has 0 aliphatic carbocycles. The van der Waals surface area contributed by atoms with Crippen molar-refractivity contribution >= 4 is 38.6 Å². The Hall–Kier alpha value is -1.32. The van der Waals surface area contributed by atoms with Crippen molar-refractivity contribution in [2.24, 2.45) is 0 Å². The lowest BCUT2D eigenvalue weighted by Crippen LogP contribution is -1.82. The fraction of sp³-hybridized carbons (Fsp3) is 0.133. The van der Waals surface area contributed by atoms with Gasteiger partial charge in [0, 0.05) is 15.9 Å². The first-order valence-electron chi connectivity index (χ1n) is 5.98. The number of aryl methyl sites for hydroxylation is 1. The maximum Gasteiger partial charge on any atom is 0.138 e. The van der Waals surface area contributed by atoms with Gasteiger partial charge in [-0.3, -0.25) is 0 Å². The smallest absolute Gasteiger partial charge is 0.138 e. The van der Waals surface area contributed by atoms with Crippen molar-refractivity contribution in [2.75, 3.05) is 0 Å². The summed E-state index contributed by atoms with van der Waals surface area (Å²) in [4.78, 5) is 8.03. The molecule has 3 aromatic rings. The lowest BCUT2D eigenvalue weighted by molar-refractivity contribution is 1.32. The van der Waals surface area contributed by atoms with E-state index in [9.17, 15) is 0 Å². The molecular weight excluding hydrogens is 324 g/mol. The third kappa shape index (κ3) is 2.40. The van der Waals surface area contributed by atoms with E-state index in [4.69, 9.17) is 11.6 Å². The first-order valence-corrected chi connectivity index (χ1v) is 7.31. The van der Waals surface area contributed by atoms with Crippen LogP contribution in [0.15, 0.2) is 40.9 Å². The Kier molecular flexibility index (Phi) is 3.33. The molecule has 0 saturated heterocycles. The van der Waals surface area contributed by atoms with Crippen LogP contribution in [0, 0.1) is 6.92 Å². The summed E-state index contributed by atoms with van der Waals surface area (Å²) in [5.74, 6) is 1.42. The number of nitrogens with zero attached hydrogens (tertiary/aromatic N) is 1. The zero-order chi connectivity index (χ0) is 13.4. The van der Waals surface area contributed by atoms with E-state index in [2.05, 4.69) is 38.9 Å². The van der Waals surface area contributed by atoms with Gasteiger partial charge in [-0.2, -0.15) is 0 Å². The van der Waals surface area contributed by atoms with Gasteiger partial charge in [0.2, 0.25) is 0 Å². The Morgan fingerprint density at radius 1 is 1.21 bits per heavy atom. The standard InChI is InChI=1S/C15H12BrClN2/c1-9-6-12(16)7-13-14(9)19-15(18-13)11-4-2-10(8-17)3-5-11/h2-7H,8H2,1H3,(H,18,19). The highest BCUT2D eigenvalue weighted by Gasteiger charge is 2.08. The summed E-state index contributed by atoms with van der Waals surface area (Å²) in [5.41, 5.74) is 5.40. The molecule has 1 heterocycles. The molecule has 19 heavy (non-hydrogen) atoms. The van der Waals surface area contributed by atoms with E-state index >= 15 is 0 Å². The molecule has 0 atom stereocenters. The van der Waals surface area contributed by atoms with Crippen LogP contribution in [0.3, 0.4) is 0 Å². The van der Waals surface area contributed by atoms with E-state index in [1.54, 1.807) is 0 Å². The van der Waals surface area contributed by atoms with E-state index in [1.807, 2.05) is 30.3 Å². The van der Waals surface area contributed by atoms with Crippen molar-refractivity contribution in [1.82, 2.24) is 9.97 Å². The number of hydrogen-bond donors (Lipinski definition) is 1. The zero-order valence-corrected chi connectivity index (χ0v) is 12.7. The Balaban J connectivity index is 2.12. The molecule has 0 spiro atoms. The van der Waals surface area contributed by atoms with Crippen LogP contribution in [-0.4, -0.2) is 9.97 Å². The van der Waals surface area contributed by atoms with Crippen LogP contribution in [0.25, 0.3) is 22.4 Å². The number of H-pyrrole nitrogens is 1. The highest BCUT2D eigenvalue weighted by Crippen LogP contribution is 2.26. The molecule has 96 valence electrons. The second-order valence-electron chi connectivity index (χ2n) is 4.53. The molecule has 0 fully saturated rings. The highest BCUT2D eigenvalue weighted by molar-refractivity contribution is 9.10. The van der Waals surface area contributed by atoms with Gasteiger partial charge in [-0.15, -0.1) is 11.6 Å². The molecule has 0 radical (unpaired) electrons. The van der Waals surface area contributed by atoms with Crippen molar-refractivity contribution in [3.8, 4) is 11.4 Å². The van der Waals surface area contributed by atoms with Crippen molar-refractivity contribution < 1.29 is 0 Å². The SMILES string of the molecule is Cc1cc(Br)cc2[nH]c(-c3ccc(CCl)cc3)nc12. The minimum atomic E-state index is 0.534. The average Bonchev–Trinajstić information content (AvgIpc) is 2.83. The quantitative estimate of drug-likeness (QED) is 0.653. The summed E-state index contributed by atoms with van der Waals surface area (Å²) in [6, 6.07) is 12.3. The van der Waals surface area contributed by atoms with Crippen molar-refractivity contribution in [3.05, 3.63) is 52.0 Å². The first kappa shape index (κ1) is 12.7. The minimum absolute atomic E-state index is 0.534. The molecule has 2 aromatic carbocycles.